The highest BCUT2D eigenvalue weighted by atomic mass is 16.7. The van der Waals surface area contributed by atoms with Crippen molar-refractivity contribution in [3.05, 3.63) is 167 Å². The van der Waals surface area contributed by atoms with Gasteiger partial charge in [-0.25, -0.2) is 0 Å². The van der Waals surface area contributed by atoms with Crippen molar-refractivity contribution in [2.75, 3.05) is 87.1 Å². The molecule has 0 bridgehead atoms. The van der Waals surface area contributed by atoms with Gasteiger partial charge in [0.15, 0.2) is 53.6 Å². The number of hydrogen-bond acceptors (Lipinski definition) is 44. The molecule has 4 saturated heterocycles. The molecule has 17 rings (SSSR count). The Bertz CT molecular complexity index is 6020. The molecule has 44 heteroatoms. The van der Waals surface area contributed by atoms with Gasteiger partial charge in [-0.1, -0.05) is 42.5 Å². The Hall–Kier alpha value is -11.8. The van der Waals surface area contributed by atoms with E-state index in [1.807, 2.05) is 17.2 Å². The van der Waals surface area contributed by atoms with Crippen LogP contribution in [0.4, 0.5) is 0 Å². The summed E-state index contributed by atoms with van der Waals surface area (Å²) in [4.78, 5) is 146. The highest BCUT2D eigenvalue weighted by Crippen LogP contribution is 2.58. The summed E-state index contributed by atoms with van der Waals surface area (Å²) in [6.45, 7) is 7.70. The SMILES string of the molecule is COc1cccc2c1C(=O)c1c(O)c3c(c(O)c1C2=O)C[C@@](O)(C(=O)CO)CC3OC1CC(N2C=CCC2)C(O)C(C)O1.COc1cccc2c1C(=O)c1c(O)c3c(c(O)c1C2=O)C[C@@](O)(C(=O)CO)CC3OC1CC(NCCCC(OC(C)=O)OC(C)=O)C(O)C(C)O1.COc1cccc2c1C(=O)c1c(O)c3c(c(O)c1C2=O)C[C@@](O)(C(=O)CO)CC3OC1CC(NCCCC2NCCO2)C(O)C(C)O1.NCCO. The van der Waals surface area contributed by atoms with Gasteiger partial charge in [0.2, 0.25) is 23.6 Å². The number of esters is 2. The van der Waals surface area contributed by atoms with Gasteiger partial charge in [0.05, 0.1) is 139 Å². The van der Waals surface area contributed by atoms with E-state index < -0.39 is 299 Å². The van der Waals surface area contributed by atoms with Crippen LogP contribution in [0.2, 0.25) is 0 Å². The number of methoxy groups -OCH3 is 3. The molecule has 19 atom stereocenters. The quantitative estimate of drug-likeness (QED) is 0.0136. The van der Waals surface area contributed by atoms with Crippen molar-refractivity contribution in [3.63, 3.8) is 0 Å². The molecule has 6 aromatic carbocycles. The summed E-state index contributed by atoms with van der Waals surface area (Å²) >= 11 is 0. The highest BCUT2D eigenvalue weighted by molar-refractivity contribution is 6.34. The lowest BCUT2D eigenvalue weighted by molar-refractivity contribution is -0.256. The average molecular weight is 2030 g/mol. The number of carbonyl (C=O) groups is 11. The van der Waals surface area contributed by atoms with E-state index in [0.29, 0.717) is 32.7 Å². The number of ketones is 9. The molecule has 21 N–H and O–H groups in total. The van der Waals surface area contributed by atoms with E-state index in [-0.39, 0.29) is 135 Å². The first-order chi connectivity index (χ1) is 69.0. The number of phenols is 6. The summed E-state index contributed by atoms with van der Waals surface area (Å²) in [6.07, 6.45) is -9.32. The number of nitrogens with one attached hydrogen (secondary N) is 3. The fraction of sp³-hybridized carbons (Fsp3) is 0.515. The first-order valence-corrected chi connectivity index (χ1v) is 47.6. The number of rotatable bonds is 29. The first kappa shape index (κ1) is 109. The molecule has 0 spiro atoms. The van der Waals surface area contributed by atoms with Crippen molar-refractivity contribution in [2.45, 2.75) is 246 Å². The molecule has 0 aromatic heterocycles. The molecular weight excluding hydrogens is 1910 g/mol. The van der Waals surface area contributed by atoms with Crippen LogP contribution in [0.15, 0.2) is 66.9 Å². The molecule has 6 aromatic rings. The number of phenolic OH excluding ortho intramolecular Hbond substituents is 6. The van der Waals surface area contributed by atoms with Gasteiger partial charge in [-0.15, -0.1) is 0 Å². The highest BCUT2D eigenvalue weighted by Gasteiger charge is 2.56. The Balaban J connectivity index is 0.000000169. The van der Waals surface area contributed by atoms with Gasteiger partial charge in [-0.2, -0.15) is 0 Å². The predicted octanol–water partition coefficient (Wildman–Crippen LogP) is 1.42. The summed E-state index contributed by atoms with van der Waals surface area (Å²) < 4.78 is 68.2. The van der Waals surface area contributed by atoms with Crippen molar-refractivity contribution in [2.24, 2.45) is 5.73 Å². The van der Waals surface area contributed by atoms with E-state index in [1.165, 1.54) is 89.8 Å². The van der Waals surface area contributed by atoms with Gasteiger partial charge in [0, 0.05) is 160 Å². The second-order valence-electron chi connectivity index (χ2n) is 37.3. The van der Waals surface area contributed by atoms with Crippen LogP contribution in [-0.2, 0) is 85.9 Å². The van der Waals surface area contributed by atoms with Crippen molar-refractivity contribution in [1.29, 1.82) is 0 Å². The molecule has 5 aliphatic heterocycles. The molecule has 145 heavy (non-hydrogen) atoms. The number of aliphatic hydroxyl groups excluding tert-OH is 7. The van der Waals surface area contributed by atoms with Crippen molar-refractivity contribution >= 4 is 64.0 Å². The molecular formula is C101H121N5O39. The third kappa shape index (κ3) is 21.5. The lowest BCUT2D eigenvalue weighted by Gasteiger charge is -2.44. The molecule has 784 valence electrons. The van der Waals surface area contributed by atoms with E-state index in [1.54, 1.807) is 20.8 Å². The van der Waals surface area contributed by atoms with E-state index in [9.17, 15) is 129 Å². The Labute approximate surface area is 829 Å². The Kier molecular flexibility index (Phi) is 34.0. The minimum atomic E-state index is -2.31. The topological polar surface area (TPSA) is 688 Å². The zero-order valence-corrected chi connectivity index (χ0v) is 80.7. The van der Waals surface area contributed by atoms with Crippen molar-refractivity contribution in [1.82, 2.24) is 20.9 Å². The number of fused-ring (bicyclic) bond motifs is 9. The van der Waals surface area contributed by atoms with Crippen LogP contribution in [0.25, 0.3) is 0 Å². The van der Waals surface area contributed by atoms with E-state index in [2.05, 4.69) is 16.0 Å². The van der Waals surface area contributed by atoms with Crippen LogP contribution in [0, 0.1) is 0 Å². The molecule has 4 fully saturated rings. The van der Waals surface area contributed by atoms with Crippen molar-refractivity contribution in [3.8, 4) is 51.7 Å². The number of nitrogens with zero attached hydrogens (tertiary/aromatic N) is 1. The van der Waals surface area contributed by atoms with Gasteiger partial charge in [-0.3, -0.25) is 58.1 Å². The Morgan fingerprint density at radius 1 is 0.490 bits per heavy atom. The molecule has 0 radical (unpaired) electrons. The Morgan fingerprint density at radius 3 is 1.15 bits per heavy atom. The smallest absolute Gasteiger partial charge is 0.305 e. The number of carbonyl (C=O) groups excluding carboxylic acids is 11. The average Bonchev–Trinajstić information content (AvgIpc) is 1.47. The van der Waals surface area contributed by atoms with Crippen LogP contribution >= 0.6 is 0 Å². The maximum Gasteiger partial charge on any atom is 0.305 e. The van der Waals surface area contributed by atoms with Crippen LogP contribution in [0.3, 0.4) is 0 Å². The van der Waals surface area contributed by atoms with Crippen molar-refractivity contribution < 1.29 is 191 Å². The minimum Gasteiger partial charge on any atom is -0.507 e. The summed E-state index contributed by atoms with van der Waals surface area (Å²) in [5.74, 6) is -12.6. The number of Topliss-reactive ketones (excluding diaryl/α,β-unsaturated/α-hetero) is 3. The predicted molar refractivity (Wildman–Crippen MR) is 499 cm³/mol. The van der Waals surface area contributed by atoms with Gasteiger partial charge in [0.1, 0.15) is 101 Å². The van der Waals surface area contributed by atoms with Crippen LogP contribution in [-0.4, -0.2) is 341 Å². The standard InChI is InChI=1S/C35H41NO15.C33H40N2O12.C31H33NO11.C2H7NO/c1-15-30(41)20(36-10-6-9-24(49-16(2)38)50-17(3)39)11-25(48-15)51-22-13-35(46,23(40)14-37)12-19-27(22)34(45)29-28(32(19)43)31(42)18-7-5-8-21(47-4)26(18)33(29)44;1-15-28(38)18(34-8-4-7-22-35-9-10-45-22)11-23(46-15)47-20-13-33(43,21(37)14-36)12-17-25(20)32(42)27-26(30(17)40)29(39)16-5-3-6-19(44-2)24(16)31(27)41;1-14-26(35)17(32-8-3-4-9-32)10-21(42-14)43-19-12-31(40,20(34)13-33)11-16-23(19)30(39)25-24(28(16)37)27(36)15-6-5-7-18(41-2)22(15)29(25)38;3-1-2-4/h5,7-8,15,20,22,24-25,30,36-37,41,43,45-46H,6,9-14H2,1-4H3;3,5-6,15,18,20,22-23,28,34-36,38,40,42-43H,4,7-14H2,1-2H3;3,5-8,14,17,19,21,26,33,35,37,39-40H,4,9-13H2,1-2H3;4H,1-3H2/t15?,20?,22?,25?,30?,35-;15?,18?,20?,22?,23?,28?,33-;14?,17?,19?,21?,26?,31-;/m000./s1. The maximum absolute atomic E-state index is 13.9. The van der Waals surface area contributed by atoms with Gasteiger partial charge in [-0.05, 0) is 83.9 Å². The van der Waals surface area contributed by atoms with Gasteiger partial charge >= 0.3 is 11.9 Å². The Morgan fingerprint density at radius 2 is 0.834 bits per heavy atom. The third-order valence-corrected chi connectivity index (χ3v) is 28.1. The molecule has 0 amide bonds. The third-order valence-electron chi connectivity index (χ3n) is 28.1. The fourth-order valence-electron chi connectivity index (χ4n) is 21.0. The van der Waals surface area contributed by atoms with E-state index >= 15 is 0 Å². The van der Waals surface area contributed by atoms with Crippen LogP contribution in [0.5, 0.6) is 51.7 Å². The fourth-order valence-corrected chi connectivity index (χ4v) is 21.0. The summed E-state index contributed by atoms with van der Waals surface area (Å²) in [6, 6.07) is 11.7. The lowest BCUT2D eigenvalue weighted by atomic mass is 9.72. The summed E-state index contributed by atoms with van der Waals surface area (Å²) in [5.41, 5.74) is -6.20. The number of aliphatic hydroxyl groups is 10. The number of ether oxygens (including phenoxy) is 12. The molecule has 6 aliphatic carbocycles. The second-order valence-corrected chi connectivity index (χ2v) is 37.3. The second kappa shape index (κ2) is 45.3. The lowest BCUT2D eigenvalue weighted by Crippen LogP contribution is -2.54. The zero-order valence-electron chi connectivity index (χ0n) is 80.7. The largest absolute Gasteiger partial charge is 0.507 e. The number of hydrogen-bond donors (Lipinski definition) is 20. The molecule has 0 saturated carbocycles. The molecule has 44 nitrogen and oxygen atoms in total. The van der Waals surface area contributed by atoms with E-state index in [4.69, 9.17) is 67.7 Å². The maximum atomic E-state index is 13.9. The van der Waals surface area contributed by atoms with Gasteiger partial charge in [0.25, 0.3) is 0 Å². The first-order valence-electron chi connectivity index (χ1n) is 47.6. The number of nitrogens with two attached hydrogens (primary N) is 1. The molecule has 16 unspecified atom stereocenters. The molecule has 5 heterocycles. The normalized spacial score (nSPS) is 27.7. The van der Waals surface area contributed by atoms with Crippen LogP contribution < -0.4 is 35.9 Å². The van der Waals surface area contributed by atoms with Crippen LogP contribution in [0.1, 0.15) is 252 Å². The number of aromatic hydroxyl groups is 6. The monoisotopic (exact) mass is 2030 g/mol. The summed E-state index contributed by atoms with van der Waals surface area (Å²) in [5, 5.41) is 183. The summed E-state index contributed by atoms with van der Waals surface area (Å²) in [7, 11) is 3.98. The molecule has 11 aliphatic rings. The van der Waals surface area contributed by atoms with E-state index in [0.717, 1.165) is 25.8 Å². The zero-order chi connectivity index (χ0) is 105. The van der Waals surface area contributed by atoms with Gasteiger partial charge < -0.3 is 160 Å². The number of benzene rings is 6. The minimum absolute atomic E-state index is 0.000705.